The second-order valence-electron chi connectivity index (χ2n) is 4.59. The summed E-state index contributed by atoms with van der Waals surface area (Å²) in [6.07, 6.45) is 6.29. The van der Waals surface area contributed by atoms with Gasteiger partial charge in [-0.05, 0) is 32.9 Å². The number of unbranched alkanes of at least 4 members (excludes halogenated alkanes) is 2. The lowest BCUT2D eigenvalue weighted by Gasteiger charge is -2.20. The van der Waals surface area contributed by atoms with E-state index in [1.807, 2.05) is 0 Å². The van der Waals surface area contributed by atoms with Crippen LogP contribution in [0.15, 0.2) is 0 Å². The van der Waals surface area contributed by atoms with E-state index in [2.05, 4.69) is 30.3 Å². The molecule has 0 radical (unpaired) electrons. The monoisotopic (exact) mass is 209 g/mol. The van der Waals surface area contributed by atoms with Crippen LogP contribution in [-0.4, -0.2) is 37.1 Å². The van der Waals surface area contributed by atoms with Gasteiger partial charge >= 0.3 is 0 Å². The second-order valence-corrected chi connectivity index (χ2v) is 4.59. The van der Waals surface area contributed by atoms with Gasteiger partial charge in [-0.2, -0.15) is 5.26 Å². The molecule has 3 heteroatoms. The molecule has 0 aromatic rings. The van der Waals surface area contributed by atoms with Crippen LogP contribution in [0, 0.1) is 11.3 Å². The molecule has 3 nitrogen and oxygen atoms in total. The molecule has 0 amide bonds. The molecule has 0 bridgehead atoms. The van der Waals surface area contributed by atoms with Crippen LogP contribution in [0.3, 0.4) is 0 Å². The molecule has 0 aliphatic heterocycles. The number of nitrogens with zero attached hydrogens (tertiary/aromatic N) is 2. The van der Waals surface area contributed by atoms with Gasteiger partial charge in [0, 0.05) is 12.6 Å². The molecule has 1 N–H and O–H groups in total. The standard InChI is InChI=1S/C12H23N3/c1-3-4-5-8-15(2)10-12(9-13)14-11-6-7-11/h11-12,14H,3-8,10H2,1-2H3. The van der Waals surface area contributed by atoms with E-state index in [1.165, 1.54) is 32.1 Å². The van der Waals surface area contributed by atoms with E-state index < -0.39 is 0 Å². The topological polar surface area (TPSA) is 39.1 Å². The molecule has 1 aliphatic rings. The van der Waals surface area contributed by atoms with E-state index in [1.54, 1.807) is 0 Å². The van der Waals surface area contributed by atoms with Crippen molar-refractivity contribution < 1.29 is 0 Å². The highest BCUT2D eigenvalue weighted by atomic mass is 15.1. The first-order valence-electron chi connectivity index (χ1n) is 6.10. The Morgan fingerprint density at radius 2 is 2.20 bits per heavy atom. The average molecular weight is 209 g/mol. The van der Waals surface area contributed by atoms with Crippen molar-refractivity contribution >= 4 is 0 Å². The number of rotatable bonds is 8. The van der Waals surface area contributed by atoms with Crippen molar-refractivity contribution in [3.05, 3.63) is 0 Å². The van der Waals surface area contributed by atoms with Crippen molar-refractivity contribution in [1.82, 2.24) is 10.2 Å². The van der Waals surface area contributed by atoms with Gasteiger partial charge < -0.3 is 4.90 Å². The van der Waals surface area contributed by atoms with Gasteiger partial charge in [0.2, 0.25) is 0 Å². The van der Waals surface area contributed by atoms with Crippen LogP contribution < -0.4 is 5.32 Å². The van der Waals surface area contributed by atoms with Gasteiger partial charge in [0.05, 0.1) is 6.07 Å². The molecule has 1 unspecified atom stereocenters. The maximum Gasteiger partial charge on any atom is 0.108 e. The maximum absolute atomic E-state index is 8.98. The van der Waals surface area contributed by atoms with Crippen LogP contribution >= 0.6 is 0 Å². The lowest BCUT2D eigenvalue weighted by Crippen LogP contribution is -2.39. The van der Waals surface area contributed by atoms with Crippen LogP contribution in [0.4, 0.5) is 0 Å². The zero-order valence-electron chi connectivity index (χ0n) is 10.00. The molecule has 0 aromatic heterocycles. The van der Waals surface area contributed by atoms with Crippen LogP contribution in [0.5, 0.6) is 0 Å². The number of hydrogen-bond donors (Lipinski definition) is 1. The molecule has 15 heavy (non-hydrogen) atoms. The number of nitrogens with one attached hydrogen (secondary N) is 1. The number of nitriles is 1. The molecule has 0 spiro atoms. The lowest BCUT2D eigenvalue weighted by molar-refractivity contribution is 0.303. The third kappa shape index (κ3) is 5.76. The highest BCUT2D eigenvalue weighted by Gasteiger charge is 2.24. The van der Waals surface area contributed by atoms with Crippen LogP contribution in [-0.2, 0) is 0 Å². The minimum Gasteiger partial charge on any atom is -0.304 e. The van der Waals surface area contributed by atoms with Crippen molar-refractivity contribution in [1.29, 1.82) is 5.26 Å². The Balaban J connectivity index is 2.10. The minimum absolute atomic E-state index is 0.0177. The third-order valence-electron chi connectivity index (χ3n) is 2.81. The van der Waals surface area contributed by atoms with Crippen molar-refractivity contribution in [3.63, 3.8) is 0 Å². The van der Waals surface area contributed by atoms with Gasteiger partial charge in [-0.15, -0.1) is 0 Å². The molecule has 86 valence electrons. The van der Waals surface area contributed by atoms with E-state index in [-0.39, 0.29) is 6.04 Å². The number of likely N-dealkylation sites (N-methyl/N-ethyl adjacent to an activating group) is 1. The summed E-state index contributed by atoms with van der Waals surface area (Å²) in [5, 5.41) is 12.3. The molecule has 1 fully saturated rings. The average Bonchev–Trinajstić information content (AvgIpc) is 3.01. The van der Waals surface area contributed by atoms with E-state index in [4.69, 9.17) is 5.26 Å². The first-order chi connectivity index (χ1) is 7.26. The highest BCUT2D eigenvalue weighted by Crippen LogP contribution is 2.19. The Labute approximate surface area is 93.5 Å². The Morgan fingerprint density at radius 3 is 2.73 bits per heavy atom. The summed E-state index contributed by atoms with van der Waals surface area (Å²) in [7, 11) is 2.11. The van der Waals surface area contributed by atoms with Crippen LogP contribution in [0.25, 0.3) is 0 Å². The van der Waals surface area contributed by atoms with E-state index in [0.717, 1.165) is 13.1 Å². The predicted octanol–water partition coefficient (Wildman–Crippen LogP) is 1.75. The molecular weight excluding hydrogens is 186 g/mol. The van der Waals surface area contributed by atoms with Crippen LogP contribution in [0.2, 0.25) is 0 Å². The van der Waals surface area contributed by atoms with E-state index in [9.17, 15) is 0 Å². The highest BCUT2D eigenvalue weighted by molar-refractivity contribution is 4.97. The summed E-state index contributed by atoms with van der Waals surface area (Å²) >= 11 is 0. The SMILES string of the molecule is CCCCCN(C)CC(C#N)NC1CC1. The first kappa shape index (κ1) is 12.5. The smallest absolute Gasteiger partial charge is 0.108 e. The van der Waals surface area contributed by atoms with Crippen molar-refractivity contribution in [3.8, 4) is 6.07 Å². The van der Waals surface area contributed by atoms with Gasteiger partial charge in [0.15, 0.2) is 0 Å². The first-order valence-corrected chi connectivity index (χ1v) is 6.10. The number of hydrogen-bond acceptors (Lipinski definition) is 3. The van der Waals surface area contributed by atoms with E-state index in [0.29, 0.717) is 6.04 Å². The molecule has 0 saturated heterocycles. The zero-order valence-corrected chi connectivity index (χ0v) is 10.00. The largest absolute Gasteiger partial charge is 0.304 e. The molecular formula is C12H23N3. The fourth-order valence-corrected chi connectivity index (χ4v) is 1.70. The van der Waals surface area contributed by atoms with Gasteiger partial charge in [0.25, 0.3) is 0 Å². The van der Waals surface area contributed by atoms with Crippen molar-refractivity contribution in [2.75, 3.05) is 20.1 Å². The summed E-state index contributed by atoms with van der Waals surface area (Å²) in [6.45, 7) is 4.18. The summed E-state index contributed by atoms with van der Waals surface area (Å²) < 4.78 is 0. The lowest BCUT2D eigenvalue weighted by atomic mass is 10.2. The second kappa shape index (κ2) is 6.81. The molecule has 0 heterocycles. The van der Waals surface area contributed by atoms with Crippen LogP contribution in [0.1, 0.15) is 39.0 Å². The predicted molar refractivity (Wildman–Crippen MR) is 62.6 cm³/mol. The van der Waals surface area contributed by atoms with Gasteiger partial charge in [-0.25, -0.2) is 0 Å². The normalized spacial score (nSPS) is 17.7. The van der Waals surface area contributed by atoms with Gasteiger partial charge in [-0.3, -0.25) is 5.32 Å². The maximum atomic E-state index is 8.98. The quantitative estimate of drug-likeness (QED) is 0.619. The molecule has 1 saturated carbocycles. The summed E-state index contributed by atoms with van der Waals surface area (Å²) in [4.78, 5) is 2.26. The van der Waals surface area contributed by atoms with Gasteiger partial charge in [-0.1, -0.05) is 19.8 Å². The summed E-state index contributed by atoms with van der Waals surface area (Å²) in [5.74, 6) is 0. The van der Waals surface area contributed by atoms with Crippen molar-refractivity contribution in [2.24, 2.45) is 0 Å². The Bertz CT molecular complexity index is 205. The summed E-state index contributed by atoms with van der Waals surface area (Å²) in [5.41, 5.74) is 0. The third-order valence-corrected chi connectivity index (χ3v) is 2.81. The Hall–Kier alpha value is -0.590. The molecule has 1 aliphatic carbocycles. The Morgan fingerprint density at radius 1 is 1.47 bits per heavy atom. The zero-order chi connectivity index (χ0) is 11.1. The molecule has 0 aromatic carbocycles. The fraction of sp³-hybridized carbons (Fsp3) is 0.917. The van der Waals surface area contributed by atoms with E-state index >= 15 is 0 Å². The minimum atomic E-state index is 0.0177. The fourth-order valence-electron chi connectivity index (χ4n) is 1.70. The molecule has 1 atom stereocenters. The van der Waals surface area contributed by atoms with Gasteiger partial charge in [0.1, 0.15) is 6.04 Å². The molecule has 1 rings (SSSR count). The van der Waals surface area contributed by atoms with Crippen molar-refractivity contribution in [2.45, 2.75) is 51.1 Å². The Kier molecular flexibility index (Phi) is 5.67. The summed E-state index contributed by atoms with van der Waals surface area (Å²) in [6, 6.07) is 2.98.